The predicted octanol–water partition coefficient (Wildman–Crippen LogP) is 0.962. The van der Waals surface area contributed by atoms with Gasteiger partial charge < -0.3 is 16.6 Å². The summed E-state index contributed by atoms with van der Waals surface area (Å²) in [7, 11) is 1.00. The van der Waals surface area contributed by atoms with Crippen LogP contribution in [-0.4, -0.2) is 44.2 Å². The van der Waals surface area contributed by atoms with E-state index >= 15 is 0 Å². The second-order valence-corrected chi connectivity index (χ2v) is 4.56. The third kappa shape index (κ3) is 8.99. The van der Waals surface area contributed by atoms with Crippen LogP contribution < -0.4 is 11.5 Å². The maximum Gasteiger partial charge on any atom is 0.192 e. The second-order valence-electron chi connectivity index (χ2n) is 4.56. The van der Waals surface area contributed by atoms with E-state index in [1.807, 2.05) is 19.1 Å². The van der Waals surface area contributed by atoms with Crippen molar-refractivity contribution in [3.63, 3.8) is 0 Å². The van der Waals surface area contributed by atoms with Crippen LogP contribution in [0.25, 0.3) is 11.2 Å². The molecule has 0 aromatic carbocycles. The van der Waals surface area contributed by atoms with Gasteiger partial charge in [-0.1, -0.05) is 0 Å². The quantitative estimate of drug-likeness (QED) is 0.425. The minimum absolute atomic E-state index is 0.278. The zero-order valence-electron chi connectivity index (χ0n) is 14.8. The van der Waals surface area contributed by atoms with Gasteiger partial charge in [0.05, 0.1) is 11.4 Å². The first-order valence-corrected chi connectivity index (χ1v) is 7.35. The average Bonchev–Trinajstić information content (AvgIpc) is 2.66. The highest BCUT2D eigenvalue weighted by Gasteiger charge is 1.94. The molecule has 0 aliphatic heterocycles. The number of Topliss-reactive ketones (excluding diaryl/α,β-unsaturated/α-hetero) is 1. The smallest absolute Gasteiger partial charge is 0.192 e. The van der Waals surface area contributed by atoms with Crippen molar-refractivity contribution in [1.29, 1.82) is 0 Å². The van der Waals surface area contributed by atoms with E-state index in [0.717, 1.165) is 18.3 Å². The number of aliphatic hydroxyl groups excluding tert-OH is 1. The summed E-state index contributed by atoms with van der Waals surface area (Å²) in [5.41, 5.74) is 13.6. The van der Waals surface area contributed by atoms with Crippen molar-refractivity contribution in [2.24, 2.45) is 0 Å². The molecule has 3 aromatic rings. The van der Waals surface area contributed by atoms with Crippen LogP contribution in [0.3, 0.4) is 0 Å². The number of fused-ring (bicyclic) bond motifs is 1. The predicted molar refractivity (Wildman–Crippen MR) is 100 cm³/mol. The van der Waals surface area contributed by atoms with Gasteiger partial charge in [-0.15, -0.1) is 0 Å². The summed E-state index contributed by atoms with van der Waals surface area (Å²) >= 11 is 0. The molecule has 0 aliphatic carbocycles. The van der Waals surface area contributed by atoms with E-state index < -0.39 is 5.78 Å². The van der Waals surface area contributed by atoms with Crippen LogP contribution in [0.2, 0.25) is 0 Å². The van der Waals surface area contributed by atoms with Gasteiger partial charge in [-0.2, -0.15) is 0 Å². The lowest BCUT2D eigenvalue weighted by Crippen LogP contribution is -1.95. The first-order valence-electron chi connectivity index (χ1n) is 7.35. The monoisotopic (exact) mass is 358 g/mol. The third-order valence-corrected chi connectivity index (χ3v) is 2.48. The van der Waals surface area contributed by atoms with Crippen molar-refractivity contribution in [2.75, 3.05) is 18.6 Å². The number of nitrogens with zero attached hydrogens (tertiary/aromatic N) is 4. The lowest BCUT2D eigenvalue weighted by Gasteiger charge is -1.94. The number of carbonyl (C=O) groups excluding carboxylic acids is 2. The summed E-state index contributed by atoms with van der Waals surface area (Å²) in [4.78, 5) is 34.8. The Bertz CT molecular complexity index is 805. The Morgan fingerprint density at radius 2 is 1.65 bits per heavy atom. The number of hydrogen-bond donors (Lipinski definition) is 3. The maximum atomic E-state index is 9.44. The highest BCUT2D eigenvalue weighted by atomic mass is 16.2. The summed E-state index contributed by atoms with van der Waals surface area (Å²) in [6, 6.07) is 7.20. The Hall–Kier alpha value is -3.46. The van der Waals surface area contributed by atoms with E-state index in [4.69, 9.17) is 21.4 Å². The van der Waals surface area contributed by atoms with Crippen molar-refractivity contribution >= 4 is 34.7 Å². The normalized spacial score (nSPS) is 8.62. The fourth-order valence-electron chi connectivity index (χ4n) is 1.36. The van der Waals surface area contributed by atoms with Crippen molar-refractivity contribution in [2.45, 2.75) is 13.8 Å². The number of aryl methyl sites for hydroxylation is 1. The zero-order valence-corrected chi connectivity index (χ0v) is 14.8. The number of pyridine rings is 2. The van der Waals surface area contributed by atoms with Crippen molar-refractivity contribution in [1.82, 2.24) is 19.9 Å². The van der Waals surface area contributed by atoms with Crippen LogP contribution in [0.4, 0.5) is 11.5 Å². The highest BCUT2D eigenvalue weighted by Crippen LogP contribution is 2.06. The summed E-state index contributed by atoms with van der Waals surface area (Å²) < 4.78 is 0. The molecule has 0 amide bonds. The summed E-state index contributed by atoms with van der Waals surface area (Å²) in [5, 5.41) is 7.00. The van der Waals surface area contributed by atoms with Crippen LogP contribution in [0.5, 0.6) is 0 Å². The number of rotatable bonds is 1. The lowest BCUT2D eigenvalue weighted by atomic mass is 10.4. The number of nitrogen functional groups attached to an aromatic ring is 2. The molecule has 3 aromatic heterocycles. The highest BCUT2D eigenvalue weighted by molar-refractivity contribution is 6.23. The Morgan fingerprint density at radius 3 is 2.15 bits per heavy atom. The Labute approximate surface area is 151 Å². The van der Waals surface area contributed by atoms with Crippen molar-refractivity contribution in [3.8, 4) is 0 Å². The molecule has 0 aliphatic rings. The molecule has 0 fully saturated rings. The molecule has 9 heteroatoms. The summed E-state index contributed by atoms with van der Waals surface area (Å²) in [6.07, 6.45) is 5.34. The molecule has 3 heterocycles. The molecule has 5 N–H and O–H groups in total. The molecular weight excluding hydrogens is 336 g/mol. The van der Waals surface area contributed by atoms with Crippen LogP contribution in [0.15, 0.2) is 42.9 Å². The number of aldehydes is 1. The molecule has 0 spiro atoms. The van der Waals surface area contributed by atoms with E-state index in [1.54, 1.807) is 30.7 Å². The largest absolute Gasteiger partial charge is 0.400 e. The second kappa shape index (κ2) is 12.9. The number of aromatic nitrogens is 4. The summed E-state index contributed by atoms with van der Waals surface area (Å²) in [6.45, 7) is 3.12. The van der Waals surface area contributed by atoms with Gasteiger partial charge in [0.25, 0.3) is 0 Å². The first kappa shape index (κ1) is 22.5. The molecule has 9 nitrogen and oxygen atoms in total. The molecule has 0 atom stereocenters. The molecule has 0 saturated heterocycles. The molecule has 0 radical (unpaired) electrons. The number of aliphatic hydroxyl groups is 1. The van der Waals surface area contributed by atoms with Gasteiger partial charge in [0.15, 0.2) is 17.7 Å². The van der Waals surface area contributed by atoms with Gasteiger partial charge in [0.1, 0.15) is 11.3 Å². The third-order valence-electron chi connectivity index (χ3n) is 2.48. The van der Waals surface area contributed by atoms with E-state index in [-0.39, 0.29) is 6.29 Å². The topological polar surface area (TPSA) is 158 Å². The Morgan fingerprint density at radius 1 is 1.08 bits per heavy atom. The minimum atomic E-state index is -0.426. The first-order chi connectivity index (χ1) is 12.4. The standard InChI is InChI=1S/C8H7N3.C5H7N3.C3H4O2.CH4O/c1-6-5-10-7-3-2-4-9-8(7)11-6;6-4-2-1-3-8-5(4)7;1-3(5)2-4;1-2/h2-5H,1H3;1-3H,6H2,(H2,7,8);2H,1H3;2H,1H3. The zero-order chi connectivity index (χ0) is 19.9. The van der Waals surface area contributed by atoms with Gasteiger partial charge in [-0.25, -0.2) is 15.0 Å². The van der Waals surface area contributed by atoms with Crippen molar-refractivity contribution in [3.05, 3.63) is 48.5 Å². The van der Waals surface area contributed by atoms with Crippen LogP contribution in [0, 0.1) is 6.92 Å². The van der Waals surface area contributed by atoms with E-state index in [2.05, 4.69) is 19.9 Å². The molecule has 0 bridgehead atoms. The summed E-state index contributed by atoms with van der Waals surface area (Å²) in [5.74, 6) is -0.0301. The average molecular weight is 358 g/mol. The van der Waals surface area contributed by atoms with Crippen LogP contribution in [0.1, 0.15) is 12.6 Å². The Balaban J connectivity index is 0.000000369. The molecule has 26 heavy (non-hydrogen) atoms. The fraction of sp³-hybridized carbons (Fsp3) is 0.176. The van der Waals surface area contributed by atoms with Crippen LogP contribution in [-0.2, 0) is 9.59 Å². The van der Waals surface area contributed by atoms with Gasteiger partial charge in [0.2, 0.25) is 0 Å². The molecule has 138 valence electrons. The number of anilines is 2. The van der Waals surface area contributed by atoms with Gasteiger partial charge in [-0.05, 0) is 31.2 Å². The van der Waals surface area contributed by atoms with Crippen molar-refractivity contribution < 1.29 is 14.7 Å². The fourth-order valence-corrected chi connectivity index (χ4v) is 1.36. The van der Waals surface area contributed by atoms with E-state index in [1.165, 1.54) is 6.92 Å². The molecule has 0 saturated carbocycles. The molecule has 3 rings (SSSR count). The van der Waals surface area contributed by atoms with E-state index in [0.29, 0.717) is 17.2 Å². The number of ketones is 1. The lowest BCUT2D eigenvalue weighted by molar-refractivity contribution is -0.128. The maximum absolute atomic E-state index is 9.44. The van der Waals surface area contributed by atoms with Gasteiger partial charge in [-0.3, -0.25) is 14.6 Å². The number of hydrogen-bond acceptors (Lipinski definition) is 9. The molecular formula is C17H22N6O3. The molecule has 0 unspecified atom stereocenters. The van der Waals surface area contributed by atoms with Gasteiger partial charge in [0, 0.05) is 32.6 Å². The SMILES string of the molecule is CC(=O)C=O.CO.Cc1cnc2cccnc2n1.Nc1cccnc1N. The Kier molecular flexibility index (Phi) is 11.2. The van der Waals surface area contributed by atoms with Crippen LogP contribution >= 0.6 is 0 Å². The number of nitrogens with two attached hydrogens (primary N) is 2. The van der Waals surface area contributed by atoms with Gasteiger partial charge >= 0.3 is 0 Å². The number of carbonyl (C=O) groups is 2. The minimum Gasteiger partial charge on any atom is -0.400 e. The van der Waals surface area contributed by atoms with E-state index in [9.17, 15) is 4.79 Å².